The number of carbonyl (C=O) groups is 4. The van der Waals surface area contributed by atoms with Crippen LogP contribution in [-0.4, -0.2) is 176 Å². The number of anilines is 1. The van der Waals surface area contributed by atoms with Gasteiger partial charge in [0.2, 0.25) is 23.6 Å². The van der Waals surface area contributed by atoms with Crippen LogP contribution >= 0.6 is 20.4 Å². The molecule has 0 aliphatic carbocycles. The fourth-order valence-corrected chi connectivity index (χ4v) is 9.14. The number of unbranched alkanes of at least 4 members (excludes halogenated alkanes) is 3. The van der Waals surface area contributed by atoms with Crippen LogP contribution in [0.1, 0.15) is 57.4 Å². The average Bonchev–Trinajstić information content (AvgIpc) is 3.91. The van der Waals surface area contributed by atoms with E-state index in [-0.39, 0.29) is 62.5 Å². The summed E-state index contributed by atoms with van der Waals surface area (Å²) in [5, 5.41) is 20.0. The second-order valence-corrected chi connectivity index (χ2v) is 18.7. The molecule has 0 bridgehead atoms. The third-order valence-electron chi connectivity index (χ3n) is 11.0. The molecule has 0 saturated carbocycles. The lowest BCUT2D eigenvalue weighted by molar-refractivity contribution is -0.138. The zero-order valence-corrected chi connectivity index (χ0v) is 43.5. The molecule has 22 nitrogen and oxygen atoms in total. The molecule has 0 spiro atoms. The van der Waals surface area contributed by atoms with Crippen LogP contribution in [0.3, 0.4) is 0 Å². The quantitative estimate of drug-likeness (QED) is 0.0186. The Morgan fingerprint density at radius 2 is 1.47 bits per heavy atom. The summed E-state index contributed by atoms with van der Waals surface area (Å²) in [5.74, 6) is 5.40. The summed E-state index contributed by atoms with van der Waals surface area (Å²) >= 11 is 1.47. The molecule has 2 unspecified atom stereocenters. The maximum absolute atomic E-state index is 14.1. The molecule has 7 N–H and O–H groups in total. The number of amides is 4. The lowest BCUT2D eigenvalue weighted by Gasteiger charge is -2.29. The molecule has 1 saturated heterocycles. The molecular formula is C48H74N9O13PS. The first kappa shape index (κ1) is 59.9. The number of rotatable bonds is 35. The Morgan fingerprint density at radius 1 is 0.847 bits per heavy atom. The van der Waals surface area contributed by atoms with Gasteiger partial charge in [-0.3, -0.25) is 24.1 Å². The van der Waals surface area contributed by atoms with Gasteiger partial charge in [0.05, 0.1) is 109 Å². The smallest absolute Gasteiger partial charge is 0.329 e. The average molecular weight is 1050 g/mol. The molecule has 24 heteroatoms. The van der Waals surface area contributed by atoms with Crippen LogP contribution < -0.4 is 21.8 Å². The van der Waals surface area contributed by atoms with E-state index in [0.717, 1.165) is 60.9 Å². The summed E-state index contributed by atoms with van der Waals surface area (Å²) in [4.78, 5) is 65.0. The predicted molar refractivity (Wildman–Crippen MR) is 274 cm³/mol. The first-order valence-electron chi connectivity index (χ1n) is 24.2. The van der Waals surface area contributed by atoms with Crippen LogP contribution in [0.15, 0.2) is 60.4 Å². The van der Waals surface area contributed by atoms with E-state index < -0.39 is 13.9 Å². The maximum Gasteiger partial charge on any atom is 0.329 e. The van der Waals surface area contributed by atoms with Gasteiger partial charge in [0, 0.05) is 69.6 Å². The second kappa shape index (κ2) is 34.7. The van der Waals surface area contributed by atoms with Crippen molar-refractivity contribution in [3.05, 3.63) is 66.0 Å². The first-order chi connectivity index (χ1) is 35.1. The lowest BCUT2D eigenvalue weighted by Crippen LogP contribution is -2.37. The van der Waals surface area contributed by atoms with Crippen LogP contribution in [0.5, 0.6) is 0 Å². The number of nitrogens with zero attached hydrogens (tertiary/aromatic N) is 6. The molecule has 72 heavy (non-hydrogen) atoms. The molecule has 2 aromatic carbocycles. The highest BCUT2D eigenvalue weighted by Crippen LogP contribution is 2.41. The maximum atomic E-state index is 14.1. The Hall–Kier alpha value is -4.62. The van der Waals surface area contributed by atoms with E-state index in [2.05, 4.69) is 15.6 Å². The van der Waals surface area contributed by atoms with E-state index in [9.17, 15) is 24.1 Å². The summed E-state index contributed by atoms with van der Waals surface area (Å²) in [7, 11) is 0.585. The largest absolute Gasteiger partial charge is 0.401 e. The number of fused-ring (bicyclic) bond motifs is 5. The van der Waals surface area contributed by atoms with Crippen molar-refractivity contribution in [2.45, 2.75) is 70.2 Å². The van der Waals surface area contributed by atoms with Crippen LogP contribution in [0, 0.1) is 0 Å². The zero-order chi connectivity index (χ0) is 51.9. The van der Waals surface area contributed by atoms with Crippen molar-refractivity contribution in [1.29, 1.82) is 0 Å². The van der Waals surface area contributed by atoms with Crippen molar-refractivity contribution in [3.63, 3.8) is 0 Å². The molecule has 400 valence electrons. The van der Waals surface area contributed by atoms with Gasteiger partial charge in [0.15, 0.2) is 0 Å². The number of allylic oxidation sites excluding steroid dienone is 1. The van der Waals surface area contributed by atoms with Gasteiger partial charge in [-0.25, -0.2) is 10.5 Å². The fraction of sp³-hybridized carbons (Fsp3) is 0.583. The number of hydrazine groups is 1. The van der Waals surface area contributed by atoms with Crippen LogP contribution in [-0.2, 0) is 65.0 Å². The number of carbonyl (C=O) groups excluding carboxylic acids is 4. The second-order valence-electron chi connectivity index (χ2n) is 16.3. The van der Waals surface area contributed by atoms with Gasteiger partial charge < -0.3 is 63.7 Å². The molecular weight excluding hydrogens is 974 g/mol. The van der Waals surface area contributed by atoms with E-state index in [1.165, 1.54) is 28.8 Å². The number of ether oxygens (including phenoxy) is 5. The number of thioether (sulfide) groups is 1. The minimum atomic E-state index is -1.81. The predicted octanol–water partition coefficient (Wildman–Crippen LogP) is 3.35. The Balaban J connectivity index is 0.00000555. The summed E-state index contributed by atoms with van der Waals surface area (Å²) in [6, 6.07) is 15.4. The van der Waals surface area contributed by atoms with Crippen molar-refractivity contribution in [2.24, 2.45) is 11.6 Å². The summed E-state index contributed by atoms with van der Waals surface area (Å²) < 4.78 is 39.8. The fourth-order valence-electron chi connectivity index (χ4n) is 7.56. The van der Waals surface area contributed by atoms with Gasteiger partial charge in [-0.05, 0) is 37.1 Å². The number of nitrogens with one attached hydrogen (secondary N) is 1. The number of nitrogens with two attached hydrogens (primary N) is 2. The van der Waals surface area contributed by atoms with Crippen molar-refractivity contribution in [1.82, 2.24) is 30.2 Å². The van der Waals surface area contributed by atoms with Gasteiger partial charge >= 0.3 is 8.60 Å². The first-order valence-corrected chi connectivity index (χ1v) is 26.3. The number of likely N-dealkylation sites (tertiary alicyclic amines) is 1. The number of hydrogen-bond donors (Lipinski definition) is 5. The molecule has 4 amide bonds. The summed E-state index contributed by atoms with van der Waals surface area (Å²) in [5.41, 5.74) is 10.9. The number of aliphatic hydroxyl groups is 1. The van der Waals surface area contributed by atoms with Gasteiger partial charge in [-0.2, -0.15) is 0 Å². The number of aromatic nitrogens is 3. The van der Waals surface area contributed by atoms with Gasteiger partial charge in [-0.15, -0.1) is 16.9 Å². The molecule has 2 aliphatic rings. The van der Waals surface area contributed by atoms with Gasteiger partial charge in [-0.1, -0.05) is 60.5 Å². The van der Waals surface area contributed by atoms with Gasteiger partial charge in [0.1, 0.15) is 5.69 Å². The number of para-hydroxylation sites is 1. The van der Waals surface area contributed by atoms with E-state index in [4.69, 9.17) is 49.4 Å². The third-order valence-corrected chi connectivity index (χ3v) is 13.0. The highest BCUT2D eigenvalue weighted by Gasteiger charge is 2.38. The molecule has 2 aliphatic heterocycles. The highest BCUT2D eigenvalue weighted by atomic mass is 32.2. The molecule has 5 rings (SSSR count). The van der Waals surface area contributed by atoms with E-state index in [1.807, 2.05) is 48.5 Å². The topological polar surface area (TPSA) is 278 Å². The Morgan fingerprint density at radius 3 is 2.15 bits per heavy atom. The van der Waals surface area contributed by atoms with Gasteiger partial charge in [0.25, 0.3) is 0 Å². The number of benzene rings is 2. The number of imide groups is 1. The summed E-state index contributed by atoms with van der Waals surface area (Å²) in [6.07, 6.45) is 5.26. The lowest BCUT2D eigenvalue weighted by atomic mass is 9.95. The van der Waals surface area contributed by atoms with E-state index >= 15 is 0 Å². The summed E-state index contributed by atoms with van der Waals surface area (Å²) in [6.45, 7) is 7.69. The molecule has 1 fully saturated rings. The monoisotopic (exact) mass is 1050 g/mol. The normalized spacial score (nSPS) is 14.8. The number of hydrogen-bond acceptors (Lipinski definition) is 19. The van der Waals surface area contributed by atoms with Crippen LogP contribution in [0.2, 0.25) is 0 Å². The standard InChI is InChI=1S/C47H70N9O12PS.CH4O/c1-36(48)34-53(49)19-22-63-24-26-65-28-30-67-31-29-66-27-25-64-23-20-56-46-39-13-7-8-14-40(39)55(35-37-11-5-6-12-38(37)45(46)51-52-56)43(58)15-17-50-42(57)16-18-54-44(59)33-41(47(54)60)70-32-10-4-3-9-21-68-69(61)62-2;1-2/h5-8,11-14,34,41,61H,3-4,9-10,15-33,35,48-49H2,1-2H3,(H,50,57);2H,1H3/b36-34-;. The van der Waals surface area contributed by atoms with E-state index in [0.29, 0.717) is 103 Å². The third kappa shape index (κ3) is 20.7. The SMILES string of the molecule is CO.COP(O)OCCCCCCSC1CC(=O)N(CCC(=O)NCCC(=O)N2Cc3ccccc3-c3nnn(CCOCCOCCOCCOCCOCCN(N)/C=C(/C)N)c3-c3ccccc32)C1=O. The molecule has 3 aromatic rings. The Bertz CT molecular complexity index is 2120. The van der Waals surface area contributed by atoms with Crippen molar-refractivity contribution >= 4 is 49.7 Å². The Kier molecular flexibility index (Phi) is 28.9. The van der Waals surface area contributed by atoms with Crippen LogP contribution in [0.4, 0.5) is 5.69 Å². The molecule has 1 aromatic heterocycles. The van der Waals surface area contributed by atoms with Crippen molar-refractivity contribution < 1.29 is 61.9 Å². The molecule has 2 atom stereocenters. The minimum absolute atomic E-state index is 0.0148. The number of aliphatic hydroxyl groups excluding tert-OH is 1. The molecule has 3 heterocycles. The van der Waals surface area contributed by atoms with E-state index in [1.54, 1.807) is 22.7 Å². The van der Waals surface area contributed by atoms with Crippen LogP contribution in [0.25, 0.3) is 22.5 Å². The van der Waals surface area contributed by atoms with Crippen molar-refractivity contribution in [2.75, 3.05) is 117 Å². The zero-order valence-electron chi connectivity index (χ0n) is 41.8. The minimum Gasteiger partial charge on any atom is -0.401 e. The Labute approximate surface area is 427 Å². The van der Waals surface area contributed by atoms with Crippen molar-refractivity contribution in [3.8, 4) is 22.5 Å². The molecule has 0 radical (unpaired) electrons. The highest BCUT2D eigenvalue weighted by molar-refractivity contribution is 8.00.